The predicted molar refractivity (Wildman–Crippen MR) is 62.6 cm³/mol. The van der Waals surface area contributed by atoms with Gasteiger partial charge < -0.3 is 11.1 Å². The molecule has 1 atom stereocenters. The van der Waals surface area contributed by atoms with Gasteiger partial charge in [0.15, 0.2) is 0 Å². The fourth-order valence-electron chi connectivity index (χ4n) is 1.53. The topological polar surface area (TPSA) is 55.1 Å². The van der Waals surface area contributed by atoms with Crippen LogP contribution in [0.25, 0.3) is 0 Å². The zero-order valence-electron chi connectivity index (χ0n) is 9.89. The predicted octanol–water partition coefficient (Wildman–Crippen LogP) is 2.47. The first-order valence-corrected chi connectivity index (χ1v) is 5.51. The van der Waals surface area contributed by atoms with Crippen molar-refractivity contribution in [1.82, 2.24) is 5.32 Å². The van der Waals surface area contributed by atoms with Gasteiger partial charge in [0.25, 0.3) is 5.91 Å². The third-order valence-electron chi connectivity index (χ3n) is 2.44. The van der Waals surface area contributed by atoms with Gasteiger partial charge in [-0.2, -0.15) is 0 Å². The Morgan fingerprint density at radius 1 is 1.41 bits per heavy atom. The quantitative estimate of drug-likeness (QED) is 0.797. The van der Waals surface area contributed by atoms with E-state index in [1.807, 2.05) is 13.8 Å². The number of hydrogen-bond acceptors (Lipinski definition) is 2. The highest BCUT2D eigenvalue weighted by Crippen LogP contribution is 2.17. The van der Waals surface area contributed by atoms with Gasteiger partial charge in [0.05, 0.1) is 0 Å². The van der Waals surface area contributed by atoms with Crippen LogP contribution in [0.4, 0.5) is 14.5 Å². The Hall–Kier alpha value is -1.65. The molecule has 0 aliphatic rings. The number of halogens is 2. The average molecular weight is 242 g/mol. The highest BCUT2D eigenvalue weighted by molar-refractivity contribution is 5.94. The van der Waals surface area contributed by atoms with Crippen LogP contribution in [0.5, 0.6) is 0 Å². The van der Waals surface area contributed by atoms with E-state index in [0.717, 1.165) is 25.0 Å². The Labute approximate surface area is 99.0 Å². The summed E-state index contributed by atoms with van der Waals surface area (Å²) in [6.45, 7) is 3.83. The number of nitrogen functional groups attached to an aromatic ring is 1. The van der Waals surface area contributed by atoms with Crippen molar-refractivity contribution >= 4 is 11.6 Å². The fourth-order valence-corrected chi connectivity index (χ4v) is 1.53. The van der Waals surface area contributed by atoms with Crippen LogP contribution < -0.4 is 11.1 Å². The van der Waals surface area contributed by atoms with E-state index in [0.29, 0.717) is 0 Å². The summed E-state index contributed by atoms with van der Waals surface area (Å²) < 4.78 is 26.3. The van der Waals surface area contributed by atoms with Gasteiger partial charge >= 0.3 is 0 Å². The number of amides is 1. The van der Waals surface area contributed by atoms with Crippen molar-refractivity contribution in [1.29, 1.82) is 0 Å². The van der Waals surface area contributed by atoms with Gasteiger partial charge in [-0.15, -0.1) is 0 Å². The third-order valence-corrected chi connectivity index (χ3v) is 2.44. The molecule has 3 nitrogen and oxygen atoms in total. The van der Waals surface area contributed by atoms with Gasteiger partial charge in [-0.1, -0.05) is 13.3 Å². The molecule has 1 aromatic carbocycles. The van der Waals surface area contributed by atoms with E-state index in [1.165, 1.54) is 0 Å². The lowest BCUT2D eigenvalue weighted by atomic mass is 10.1. The molecule has 0 spiro atoms. The number of benzene rings is 1. The zero-order chi connectivity index (χ0) is 13.0. The van der Waals surface area contributed by atoms with E-state index in [-0.39, 0.29) is 11.6 Å². The van der Waals surface area contributed by atoms with E-state index in [4.69, 9.17) is 5.73 Å². The minimum absolute atomic E-state index is 0.0313. The first-order chi connectivity index (χ1) is 7.95. The van der Waals surface area contributed by atoms with E-state index < -0.39 is 23.2 Å². The summed E-state index contributed by atoms with van der Waals surface area (Å²) in [4.78, 5) is 11.7. The molecule has 1 amide bonds. The summed E-state index contributed by atoms with van der Waals surface area (Å²) in [5.74, 6) is -2.33. The molecule has 1 unspecified atom stereocenters. The van der Waals surface area contributed by atoms with Crippen molar-refractivity contribution in [3.63, 3.8) is 0 Å². The first kappa shape index (κ1) is 13.4. The molecule has 0 aliphatic carbocycles. The van der Waals surface area contributed by atoms with Crippen LogP contribution in [-0.4, -0.2) is 11.9 Å². The summed E-state index contributed by atoms with van der Waals surface area (Å²) in [5.41, 5.74) is 4.49. The second-order valence-corrected chi connectivity index (χ2v) is 4.02. The molecular weight excluding hydrogens is 226 g/mol. The van der Waals surface area contributed by atoms with E-state index in [9.17, 15) is 13.6 Å². The summed E-state index contributed by atoms with van der Waals surface area (Å²) >= 11 is 0. The van der Waals surface area contributed by atoms with Crippen molar-refractivity contribution in [3.8, 4) is 0 Å². The maximum Gasteiger partial charge on any atom is 0.251 e. The number of carbonyl (C=O) groups is 1. The van der Waals surface area contributed by atoms with E-state index in [1.54, 1.807) is 0 Å². The van der Waals surface area contributed by atoms with Gasteiger partial charge in [-0.25, -0.2) is 8.78 Å². The van der Waals surface area contributed by atoms with Gasteiger partial charge in [0.1, 0.15) is 17.3 Å². The first-order valence-electron chi connectivity index (χ1n) is 5.51. The summed E-state index contributed by atoms with van der Waals surface area (Å²) in [5, 5.41) is 2.66. The number of nitrogens with one attached hydrogen (secondary N) is 1. The molecule has 0 saturated carbocycles. The molecule has 0 radical (unpaired) electrons. The maximum absolute atomic E-state index is 13.1. The molecule has 1 rings (SSSR count). The second-order valence-electron chi connectivity index (χ2n) is 4.02. The Kier molecular flexibility index (Phi) is 4.43. The Bertz CT molecular complexity index is 398. The summed E-state index contributed by atoms with van der Waals surface area (Å²) in [7, 11) is 0. The smallest absolute Gasteiger partial charge is 0.251 e. The van der Waals surface area contributed by atoms with Crippen LogP contribution in [0.15, 0.2) is 12.1 Å². The molecular formula is C12H16F2N2O. The minimum atomic E-state index is -0.918. The Morgan fingerprint density at radius 3 is 2.41 bits per heavy atom. The van der Waals surface area contributed by atoms with Crippen LogP contribution >= 0.6 is 0 Å². The van der Waals surface area contributed by atoms with Crippen molar-refractivity contribution in [2.45, 2.75) is 32.7 Å². The van der Waals surface area contributed by atoms with Crippen LogP contribution in [0.2, 0.25) is 0 Å². The molecule has 0 bridgehead atoms. The lowest BCUT2D eigenvalue weighted by Gasteiger charge is -2.13. The molecule has 94 valence electrons. The van der Waals surface area contributed by atoms with Gasteiger partial charge in [-0.3, -0.25) is 4.79 Å². The fraction of sp³-hybridized carbons (Fsp3) is 0.417. The normalized spacial score (nSPS) is 12.2. The molecule has 0 saturated heterocycles. The number of anilines is 1. The summed E-state index contributed by atoms with van der Waals surface area (Å²) in [6.07, 6.45) is 1.73. The Balaban J connectivity index is 2.83. The summed E-state index contributed by atoms with van der Waals surface area (Å²) in [6, 6.07) is 1.84. The number of carbonyl (C=O) groups excluding carboxylic acids is 1. The van der Waals surface area contributed by atoms with Gasteiger partial charge in [-0.05, 0) is 25.5 Å². The van der Waals surface area contributed by atoms with Gasteiger partial charge in [0, 0.05) is 11.6 Å². The SMILES string of the molecule is CCCC(C)NC(=O)c1cc(F)c(N)c(F)c1. The molecule has 5 heteroatoms. The molecule has 0 aromatic heterocycles. The molecule has 17 heavy (non-hydrogen) atoms. The second kappa shape index (κ2) is 5.61. The van der Waals surface area contributed by atoms with Crippen molar-refractivity contribution in [2.75, 3.05) is 5.73 Å². The van der Waals surface area contributed by atoms with E-state index in [2.05, 4.69) is 5.32 Å². The van der Waals surface area contributed by atoms with Crippen molar-refractivity contribution < 1.29 is 13.6 Å². The molecule has 0 heterocycles. The minimum Gasteiger partial charge on any atom is -0.394 e. The van der Waals surface area contributed by atoms with Crippen LogP contribution in [0.3, 0.4) is 0 Å². The molecule has 0 fully saturated rings. The highest BCUT2D eigenvalue weighted by atomic mass is 19.1. The number of nitrogens with two attached hydrogens (primary N) is 1. The largest absolute Gasteiger partial charge is 0.394 e. The van der Waals surface area contributed by atoms with Crippen molar-refractivity contribution in [3.05, 3.63) is 29.3 Å². The molecule has 3 N–H and O–H groups in total. The lowest BCUT2D eigenvalue weighted by molar-refractivity contribution is 0.0937. The van der Waals surface area contributed by atoms with E-state index >= 15 is 0 Å². The van der Waals surface area contributed by atoms with Crippen LogP contribution in [0, 0.1) is 11.6 Å². The lowest BCUT2D eigenvalue weighted by Crippen LogP contribution is -2.32. The van der Waals surface area contributed by atoms with Crippen LogP contribution in [0.1, 0.15) is 37.0 Å². The Morgan fingerprint density at radius 2 is 1.94 bits per heavy atom. The highest BCUT2D eigenvalue weighted by Gasteiger charge is 2.14. The third kappa shape index (κ3) is 3.41. The zero-order valence-corrected chi connectivity index (χ0v) is 9.89. The molecule has 1 aromatic rings. The van der Waals surface area contributed by atoms with Gasteiger partial charge in [0.2, 0.25) is 0 Å². The average Bonchev–Trinajstić information content (AvgIpc) is 2.25. The number of rotatable bonds is 4. The van der Waals surface area contributed by atoms with Crippen molar-refractivity contribution in [2.24, 2.45) is 0 Å². The number of hydrogen-bond donors (Lipinski definition) is 2. The van der Waals surface area contributed by atoms with Crippen LogP contribution in [-0.2, 0) is 0 Å². The standard InChI is InChI=1S/C12H16F2N2O/c1-3-4-7(2)16-12(17)8-5-9(13)11(15)10(14)6-8/h5-7H,3-4,15H2,1-2H3,(H,16,17). The molecule has 0 aliphatic heterocycles. The maximum atomic E-state index is 13.1. The monoisotopic (exact) mass is 242 g/mol.